The molecule has 0 amide bonds. The van der Waals surface area contributed by atoms with Gasteiger partial charge in [0.15, 0.2) is 0 Å². The highest BCUT2D eigenvalue weighted by Crippen LogP contribution is 2.35. The SMILES string of the molecule is Cc1ccc2c(c1)CC1=C[C@H](OCc3ccccc3)[C@@H](COCc3ccccc3)O[C@H]1O2. The van der Waals surface area contributed by atoms with E-state index < -0.39 is 6.29 Å². The van der Waals surface area contributed by atoms with Gasteiger partial charge in [0.25, 0.3) is 0 Å². The predicted molar refractivity (Wildman–Crippen MR) is 123 cm³/mol. The molecule has 4 nitrogen and oxygen atoms in total. The summed E-state index contributed by atoms with van der Waals surface area (Å²) >= 11 is 0. The lowest BCUT2D eigenvalue weighted by Crippen LogP contribution is -2.45. The molecule has 32 heavy (non-hydrogen) atoms. The molecule has 2 heterocycles. The van der Waals surface area contributed by atoms with Crippen LogP contribution >= 0.6 is 0 Å². The Kier molecular flexibility index (Phi) is 6.35. The van der Waals surface area contributed by atoms with E-state index in [9.17, 15) is 0 Å². The van der Waals surface area contributed by atoms with Crippen LogP contribution in [0, 0.1) is 6.92 Å². The highest BCUT2D eigenvalue weighted by molar-refractivity contribution is 5.43. The molecule has 3 aromatic carbocycles. The molecule has 0 saturated heterocycles. The first-order chi connectivity index (χ1) is 15.7. The Morgan fingerprint density at radius 3 is 2.34 bits per heavy atom. The summed E-state index contributed by atoms with van der Waals surface area (Å²) < 4.78 is 24.9. The third-order valence-electron chi connectivity index (χ3n) is 5.87. The normalized spacial score (nSPS) is 21.8. The van der Waals surface area contributed by atoms with Crippen molar-refractivity contribution in [1.29, 1.82) is 0 Å². The maximum Gasteiger partial charge on any atom is 0.223 e. The molecule has 0 saturated carbocycles. The Morgan fingerprint density at radius 2 is 1.59 bits per heavy atom. The smallest absolute Gasteiger partial charge is 0.223 e. The van der Waals surface area contributed by atoms with Gasteiger partial charge in [0.05, 0.1) is 19.8 Å². The Bertz CT molecular complexity index is 1060. The van der Waals surface area contributed by atoms with Crippen molar-refractivity contribution in [1.82, 2.24) is 0 Å². The summed E-state index contributed by atoms with van der Waals surface area (Å²) in [5, 5.41) is 0. The van der Waals surface area contributed by atoms with E-state index >= 15 is 0 Å². The van der Waals surface area contributed by atoms with Crippen molar-refractivity contribution in [3.8, 4) is 5.75 Å². The molecule has 5 rings (SSSR count). The monoisotopic (exact) mass is 428 g/mol. The highest BCUT2D eigenvalue weighted by Gasteiger charge is 2.36. The van der Waals surface area contributed by atoms with Gasteiger partial charge in [-0.05, 0) is 35.8 Å². The van der Waals surface area contributed by atoms with E-state index in [1.54, 1.807) is 0 Å². The van der Waals surface area contributed by atoms with Gasteiger partial charge in [0.1, 0.15) is 18.0 Å². The lowest BCUT2D eigenvalue weighted by Gasteiger charge is -2.38. The van der Waals surface area contributed by atoms with E-state index in [1.807, 2.05) is 42.5 Å². The van der Waals surface area contributed by atoms with E-state index in [1.165, 1.54) is 11.1 Å². The van der Waals surface area contributed by atoms with Gasteiger partial charge in [0.2, 0.25) is 6.29 Å². The molecule has 4 heteroatoms. The molecular weight excluding hydrogens is 400 g/mol. The zero-order valence-electron chi connectivity index (χ0n) is 18.3. The fourth-order valence-electron chi connectivity index (χ4n) is 4.19. The van der Waals surface area contributed by atoms with Gasteiger partial charge in [-0.1, -0.05) is 78.4 Å². The van der Waals surface area contributed by atoms with Crippen LogP contribution in [0.2, 0.25) is 0 Å². The predicted octanol–water partition coefficient (Wildman–Crippen LogP) is 5.38. The zero-order valence-corrected chi connectivity index (χ0v) is 18.3. The second kappa shape index (κ2) is 9.70. The first-order valence-corrected chi connectivity index (χ1v) is 11.1. The van der Waals surface area contributed by atoms with Gasteiger partial charge in [0, 0.05) is 12.0 Å². The average Bonchev–Trinajstić information content (AvgIpc) is 2.83. The summed E-state index contributed by atoms with van der Waals surface area (Å²) in [5.74, 6) is 0.894. The van der Waals surface area contributed by atoms with E-state index in [2.05, 4.69) is 49.4 Å². The third-order valence-corrected chi connectivity index (χ3v) is 5.87. The Labute approximate surface area is 189 Å². The second-order valence-electron chi connectivity index (χ2n) is 8.42. The molecule has 164 valence electrons. The molecule has 0 fully saturated rings. The molecular formula is C28H28O4. The third kappa shape index (κ3) is 4.94. The van der Waals surface area contributed by atoms with Gasteiger partial charge < -0.3 is 18.9 Å². The maximum absolute atomic E-state index is 6.38. The summed E-state index contributed by atoms with van der Waals surface area (Å²) in [5.41, 5.74) is 5.81. The van der Waals surface area contributed by atoms with Crippen molar-refractivity contribution in [2.75, 3.05) is 6.61 Å². The highest BCUT2D eigenvalue weighted by atomic mass is 16.7. The number of hydrogen-bond acceptors (Lipinski definition) is 4. The fourth-order valence-corrected chi connectivity index (χ4v) is 4.19. The average molecular weight is 429 g/mol. The summed E-state index contributed by atoms with van der Waals surface area (Å²) in [6.07, 6.45) is 2.14. The van der Waals surface area contributed by atoms with Crippen molar-refractivity contribution in [3.05, 3.63) is 113 Å². The van der Waals surface area contributed by atoms with E-state index in [0.29, 0.717) is 19.8 Å². The molecule has 0 spiro atoms. The van der Waals surface area contributed by atoms with Gasteiger partial charge in [-0.3, -0.25) is 0 Å². The molecule has 0 aliphatic carbocycles. The number of rotatable bonds is 7. The van der Waals surface area contributed by atoms with Gasteiger partial charge in [-0.15, -0.1) is 0 Å². The van der Waals surface area contributed by atoms with Gasteiger partial charge in [-0.25, -0.2) is 0 Å². The molecule has 2 aliphatic rings. The lowest BCUT2D eigenvalue weighted by atomic mass is 9.95. The number of fused-ring (bicyclic) bond motifs is 2. The van der Waals surface area contributed by atoms with Crippen LogP contribution in [0.15, 0.2) is 90.5 Å². The number of aryl methyl sites for hydroxylation is 1. The molecule has 0 bridgehead atoms. The second-order valence-corrected chi connectivity index (χ2v) is 8.42. The van der Waals surface area contributed by atoms with Crippen LogP contribution in [0.1, 0.15) is 22.3 Å². The maximum atomic E-state index is 6.38. The quantitative estimate of drug-likeness (QED) is 0.473. The van der Waals surface area contributed by atoms with Crippen molar-refractivity contribution in [2.45, 2.75) is 45.1 Å². The van der Waals surface area contributed by atoms with Crippen LogP contribution in [-0.4, -0.2) is 25.1 Å². The van der Waals surface area contributed by atoms with Crippen LogP contribution < -0.4 is 4.74 Å². The minimum Gasteiger partial charge on any atom is -0.461 e. The topological polar surface area (TPSA) is 36.9 Å². The summed E-state index contributed by atoms with van der Waals surface area (Å²) in [7, 11) is 0. The van der Waals surface area contributed by atoms with E-state index in [-0.39, 0.29) is 12.2 Å². The summed E-state index contributed by atoms with van der Waals surface area (Å²) in [6.45, 7) is 3.59. The molecule has 0 N–H and O–H groups in total. The van der Waals surface area contributed by atoms with Gasteiger partial charge in [-0.2, -0.15) is 0 Å². The van der Waals surface area contributed by atoms with Crippen molar-refractivity contribution < 1.29 is 18.9 Å². The molecule has 0 radical (unpaired) electrons. The van der Waals surface area contributed by atoms with Crippen LogP contribution in [0.25, 0.3) is 0 Å². The van der Waals surface area contributed by atoms with Crippen molar-refractivity contribution >= 4 is 0 Å². The molecule has 0 unspecified atom stereocenters. The first-order valence-electron chi connectivity index (χ1n) is 11.1. The fraction of sp³-hybridized carbons (Fsp3) is 0.286. The molecule has 3 atom stereocenters. The summed E-state index contributed by atoms with van der Waals surface area (Å²) in [4.78, 5) is 0. The molecule has 2 aliphatic heterocycles. The van der Waals surface area contributed by atoms with E-state index in [4.69, 9.17) is 18.9 Å². The van der Waals surface area contributed by atoms with Crippen LogP contribution in [-0.2, 0) is 33.8 Å². The number of benzene rings is 3. The summed E-state index contributed by atoms with van der Waals surface area (Å²) in [6, 6.07) is 26.7. The lowest BCUT2D eigenvalue weighted by molar-refractivity contribution is -0.173. The largest absolute Gasteiger partial charge is 0.461 e. The van der Waals surface area contributed by atoms with Crippen molar-refractivity contribution in [3.63, 3.8) is 0 Å². The molecule has 0 aromatic heterocycles. The molecule has 3 aromatic rings. The van der Waals surface area contributed by atoms with E-state index in [0.717, 1.165) is 28.9 Å². The number of hydrogen-bond donors (Lipinski definition) is 0. The zero-order chi connectivity index (χ0) is 21.8. The Balaban J connectivity index is 1.31. The Hall–Kier alpha value is -2.92. The number of ether oxygens (including phenoxy) is 4. The Morgan fingerprint density at radius 1 is 0.875 bits per heavy atom. The van der Waals surface area contributed by atoms with Crippen LogP contribution in [0.4, 0.5) is 0 Å². The minimum absolute atomic E-state index is 0.202. The van der Waals surface area contributed by atoms with Crippen LogP contribution in [0.5, 0.6) is 5.75 Å². The first kappa shape index (κ1) is 21.0. The van der Waals surface area contributed by atoms with Gasteiger partial charge >= 0.3 is 0 Å². The van der Waals surface area contributed by atoms with Crippen molar-refractivity contribution in [2.24, 2.45) is 0 Å². The standard InChI is InChI=1S/C28H28O4/c1-20-12-13-25-23(14-20)15-24-16-26(30-18-22-10-6-3-7-11-22)27(32-28(24)31-25)19-29-17-21-8-4-2-5-9-21/h2-14,16,26-28H,15,17-19H2,1H3/t26-,27+,28+/m0/s1. The van der Waals surface area contributed by atoms with Crippen LogP contribution in [0.3, 0.4) is 0 Å². The minimum atomic E-state index is -0.396.